The quantitative estimate of drug-likeness (QED) is 0.173. The lowest BCUT2D eigenvalue weighted by Crippen LogP contribution is -2.09. The minimum absolute atomic E-state index is 0.0928. The van der Waals surface area contributed by atoms with Gasteiger partial charge in [-0.1, -0.05) is 133 Å². The van der Waals surface area contributed by atoms with Gasteiger partial charge in [-0.05, 0) is 104 Å². The molecule has 0 aliphatic heterocycles. The van der Waals surface area contributed by atoms with E-state index in [1.807, 2.05) is 115 Å². The maximum Gasteiger partial charge on any atom is 0.143 e. The Labute approximate surface area is 302 Å². The van der Waals surface area contributed by atoms with E-state index in [9.17, 15) is 5.48 Å². The highest BCUT2D eigenvalue weighted by molar-refractivity contribution is 6.19. The smallest absolute Gasteiger partial charge is 0.143 e. The summed E-state index contributed by atoms with van der Waals surface area (Å²) in [6.45, 7) is 0. The Hall–Kier alpha value is -6.64. The third-order valence-electron chi connectivity index (χ3n) is 9.41. The third-order valence-corrected chi connectivity index (χ3v) is 9.41. The molecule has 0 radical (unpaired) electrons. The zero-order chi connectivity index (χ0) is 40.9. The van der Waals surface area contributed by atoms with Crippen LogP contribution in [0.4, 0.5) is 17.1 Å². The van der Waals surface area contributed by atoms with Crippen LogP contribution in [0.1, 0.15) is 12.3 Å². The summed E-state index contributed by atoms with van der Waals surface area (Å²) in [6.07, 6.45) is 0. The number of hydrogen-bond acceptors (Lipinski definition) is 2. The Bertz CT molecular complexity index is 3340. The van der Waals surface area contributed by atoms with E-state index in [0.717, 1.165) is 59.8 Å². The monoisotopic (exact) mass is 646 g/mol. The van der Waals surface area contributed by atoms with E-state index in [-0.39, 0.29) is 34.7 Å². The molecule has 0 saturated carbocycles. The van der Waals surface area contributed by atoms with Gasteiger partial charge in [-0.2, -0.15) is 0 Å². The molecule has 1 heterocycles. The molecule has 0 aliphatic rings. The van der Waals surface area contributed by atoms with Crippen molar-refractivity contribution in [2.45, 2.75) is 0 Å². The standard InChI is InChI=1S/C48H31NO/c1-2-13-36(14-3-1)49(38-28-23-34(24-29-38)45-31-35-12-5-6-15-39(35)42-17-8-9-18-43(42)45)37-26-21-33(22-27-37)40-19-10-20-46-47(40)44-30-25-32-11-4-7-16-41(32)48(44)50-46/h1-31H/i1D,2D,3D,13D,14D,23D,24D,28D,29D. The lowest BCUT2D eigenvalue weighted by atomic mass is 9.93. The molecule has 9 aromatic carbocycles. The summed E-state index contributed by atoms with van der Waals surface area (Å²) in [7, 11) is 0. The Kier molecular flexibility index (Phi) is 4.76. The predicted molar refractivity (Wildman–Crippen MR) is 212 cm³/mol. The Morgan fingerprint density at radius 2 is 1.10 bits per heavy atom. The number of rotatable bonds is 5. The molecule has 0 amide bonds. The van der Waals surface area contributed by atoms with Gasteiger partial charge in [0.15, 0.2) is 0 Å². The van der Waals surface area contributed by atoms with Gasteiger partial charge in [0.2, 0.25) is 0 Å². The van der Waals surface area contributed by atoms with E-state index in [1.54, 1.807) is 12.1 Å². The highest BCUT2D eigenvalue weighted by Gasteiger charge is 2.17. The SMILES string of the molecule is [2H]c1c([2H])c([2H])c(N(c2ccc(-c3cccc4oc5c6ccccc6ccc5c34)cc2)c2c([2H])c([2H])c(-c3cc4ccccc4c4ccccc34)c([2H])c2[2H])c([2H])c1[2H]. The second-order valence-corrected chi connectivity index (χ2v) is 12.2. The fourth-order valence-corrected chi connectivity index (χ4v) is 7.12. The highest BCUT2D eigenvalue weighted by Crippen LogP contribution is 2.42. The number of furan rings is 1. The van der Waals surface area contributed by atoms with Crippen LogP contribution in [0.3, 0.4) is 0 Å². The van der Waals surface area contributed by atoms with Crippen LogP contribution in [0, 0.1) is 0 Å². The lowest BCUT2D eigenvalue weighted by Gasteiger charge is -2.26. The third kappa shape index (κ3) is 4.57. The molecule has 0 unspecified atom stereocenters. The number of nitrogens with zero attached hydrogens (tertiary/aromatic N) is 1. The summed E-state index contributed by atoms with van der Waals surface area (Å²) in [5.41, 5.74) is 3.50. The summed E-state index contributed by atoms with van der Waals surface area (Å²) >= 11 is 0. The molecule has 0 fully saturated rings. The molecule has 10 aromatic rings. The molecule has 0 bridgehead atoms. The number of para-hydroxylation sites is 1. The molecule has 0 N–H and O–H groups in total. The molecule has 0 saturated heterocycles. The molecule has 2 heteroatoms. The van der Waals surface area contributed by atoms with E-state index < -0.39 is 42.3 Å². The molecular formula is C48H31NO. The fourth-order valence-electron chi connectivity index (χ4n) is 7.12. The molecule has 10 rings (SSSR count). The number of anilines is 3. The lowest BCUT2D eigenvalue weighted by molar-refractivity contribution is 0.673. The maximum atomic E-state index is 9.50. The van der Waals surface area contributed by atoms with E-state index in [0.29, 0.717) is 11.1 Å². The molecular weight excluding hydrogens is 607 g/mol. The predicted octanol–water partition coefficient (Wildman–Crippen LogP) is 13.8. The van der Waals surface area contributed by atoms with Crippen molar-refractivity contribution in [1.82, 2.24) is 0 Å². The first-order valence-corrected chi connectivity index (χ1v) is 16.4. The van der Waals surface area contributed by atoms with Crippen molar-refractivity contribution in [3.05, 3.63) is 188 Å². The maximum absolute atomic E-state index is 9.50. The molecule has 1 aromatic heterocycles. The van der Waals surface area contributed by atoms with Crippen LogP contribution in [0.15, 0.2) is 192 Å². The summed E-state index contributed by atoms with van der Waals surface area (Å²) in [6, 6.07) is 37.9. The van der Waals surface area contributed by atoms with Gasteiger partial charge in [-0.15, -0.1) is 0 Å². The zero-order valence-corrected chi connectivity index (χ0v) is 26.6. The van der Waals surface area contributed by atoms with Crippen molar-refractivity contribution >= 4 is 71.3 Å². The second kappa shape index (κ2) is 11.5. The molecule has 50 heavy (non-hydrogen) atoms. The van der Waals surface area contributed by atoms with Gasteiger partial charge in [-0.25, -0.2) is 0 Å². The van der Waals surface area contributed by atoms with Crippen LogP contribution in [-0.4, -0.2) is 0 Å². The Morgan fingerprint density at radius 3 is 1.90 bits per heavy atom. The van der Waals surface area contributed by atoms with Crippen LogP contribution in [0.5, 0.6) is 0 Å². The molecule has 0 spiro atoms. The van der Waals surface area contributed by atoms with Crippen LogP contribution in [0.2, 0.25) is 0 Å². The van der Waals surface area contributed by atoms with Crippen LogP contribution in [-0.2, 0) is 0 Å². The average molecular weight is 647 g/mol. The number of hydrogen-bond donors (Lipinski definition) is 0. The largest absolute Gasteiger partial charge is 0.455 e. The molecule has 234 valence electrons. The van der Waals surface area contributed by atoms with E-state index in [2.05, 4.69) is 6.07 Å². The highest BCUT2D eigenvalue weighted by atomic mass is 16.3. The van der Waals surface area contributed by atoms with E-state index >= 15 is 0 Å². The molecule has 0 atom stereocenters. The van der Waals surface area contributed by atoms with E-state index in [1.165, 1.54) is 4.90 Å². The number of fused-ring (bicyclic) bond motifs is 8. The first-order chi connectivity index (χ1) is 28.5. The van der Waals surface area contributed by atoms with Gasteiger partial charge in [0.05, 0.1) is 12.3 Å². The Balaban J connectivity index is 1.19. The fraction of sp³-hybridized carbons (Fsp3) is 0. The van der Waals surface area contributed by atoms with Crippen molar-refractivity contribution < 1.29 is 16.8 Å². The van der Waals surface area contributed by atoms with Crippen molar-refractivity contribution in [2.75, 3.05) is 4.90 Å². The van der Waals surface area contributed by atoms with Crippen molar-refractivity contribution in [3.8, 4) is 22.3 Å². The van der Waals surface area contributed by atoms with Crippen LogP contribution in [0.25, 0.3) is 76.5 Å². The summed E-state index contributed by atoms with van der Waals surface area (Å²) < 4.78 is 87.7. The van der Waals surface area contributed by atoms with Crippen molar-refractivity contribution in [3.63, 3.8) is 0 Å². The number of benzene rings is 9. The zero-order valence-electron chi connectivity index (χ0n) is 35.6. The van der Waals surface area contributed by atoms with Gasteiger partial charge < -0.3 is 9.32 Å². The van der Waals surface area contributed by atoms with Gasteiger partial charge in [0, 0.05) is 33.2 Å². The average Bonchev–Trinajstić information content (AvgIpc) is 3.66. The molecule has 0 aliphatic carbocycles. The Morgan fingerprint density at radius 1 is 0.420 bits per heavy atom. The normalized spacial score (nSPS) is 14.1. The summed E-state index contributed by atoms with van der Waals surface area (Å²) in [5, 5.41) is 7.43. The topological polar surface area (TPSA) is 16.4 Å². The van der Waals surface area contributed by atoms with Crippen molar-refractivity contribution in [1.29, 1.82) is 0 Å². The van der Waals surface area contributed by atoms with Gasteiger partial charge in [-0.3, -0.25) is 0 Å². The first-order valence-electron chi connectivity index (χ1n) is 20.9. The van der Waals surface area contributed by atoms with Crippen LogP contribution < -0.4 is 4.90 Å². The molecule has 2 nitrogen and oxygen atoms in total. The van der Waals surface area contributed by atoms with Crippen LogP contribution >= 0.6 is 0 Å². The first kappa shape index (κ1) is 20.7. The van der Waals surface area contributed by atoms with E-state index in [4.69, 9.17) is 11.3 Å². The second-order valence-electron chi connectivity index (χ2n) is 12.2. The minimum Gasteiger partial charge on any atom is -0.455 e. The summed E-state index contributed by atoms with van der Waals surface area (Å²) in [5.74, 6) is 0. The van der Waals surface area contributed by atoms with Crippen molar-refractivity contribution in [2.24, 2.45) is 0 Å². The van der Waals surface area contributed by atoms with Gasteiger partial charge >= 0.3 is 0 Å². The summed E-state index contributed by atoms with van der Waals surface area (Å²) in [4.78, 5) is 1.26. The van der Waals surface area contributed by atoms with Gasteiger partial charge in [0.1, 0.15) is 11.2 Å². The van der Waals surface area contributed by atoms with Gasteiger partial charge in [0.25, 0.3) is 0 Å². The minimum atomic E-state index is -0.594.